The van der Waals surface area contributed by atoms with Gasteiger partial charge in [0.1, 0.15) is 6.34 Å². The zero-order valence-corrected chi connectivity index (χ0v) is 9.23. The van der Waals surface area contributed by atoms with E-state index in [9.17, 15) is 0 Å². The molecule has 0 bridgehead atoms. The van der Waals surface area contributed by atoms with Crippen LogP contribution in [0.1, 0.15) is 11.8 Å². The van der Waals surface area contributed by atoms with Crippen LogP contribution in [0, 0.1) is 0 Å². The fourth-order valence-electron chi connectivity index (χ4n) is 1.75. The van der Waals surface area contributed by atoms with E-state index in [4.69, 9.17) is 4.84 Å². The summed E-state index contributed by atoms with van der Waals surface area (Å²) in [6, 6.07) is 19.9. The summed E-state index contributed by atoms with van der Waals surface area (Å²) in [4.78, 5) is 10.1. The van der Waals surface area contributed by atoms with Crippen LogP contribution in [0.2, 0.25) is 0 Å². The van der Waals surface area contributed by atoms with Gasteiger partial charge in [-0.1, -0.05) is 48.5 Å². The third-order valence-electron chi connectivity index (χ3n) is 2.62. The molecule has 0 spiro atoms. The minimum atomic E-state index is -0.239. The van der Waals surface area contributed by atoms with Gasteiger partial charge in [-0.25, -0.2) is 14.9 Å². The summed E-state index contributed by atoms with van der Waals surface area (Å²) < 4.78 is 0. The molecule has 3 rings (SSSR count). The molecule has 1 aliphatic heterocycles. The molecule has 3 heteroatoms. The summed E-state index contributed by atoms with van der Waals surface area (Å²) in [5.41, 5.74) is 2.04. The largest absolute Gasteiger partial charge is 0.236 e. The van der Waals surface area contributed by atoms with Crippen molar-refractivity contribution in [3.8, 4) is 0 Å². The van der Waals surface area contributed by atoms with Gasteiger partial charge < -0.3 is 0 Å². The van der Waals surface area contributed by atoms with Crippen molar-refractivity contribution in [2.75, 3.05) is 5.06 Å². The zero-order chi connectivity index (χ0) is 11.5. The molecule has 0 fully saturated rings. The standard InChI is InChI=1S/C14H12N2O/c1-3-7-12(8-4-1)14-15-11-16(17-14)13-9-5-2-6-10-13/h1-11,14H. The maximum atomic E-state index is 5.74. The Hall–Kier alpha value is -2.13. The minimum Gasteiger partial charge on any atom is -0.236 e. The third-order valence-corrected chi connectivity index (χ3v) is 2.62. The summed E-state index contributed by atoms with van der Waals surface area (Å²) >= 11 is 0. The molecular formula is C14H12N2O. The first kappa shape index (κ1) is 10.1. The molecule has 1 heterocycles. The molecule has 1 atom stereocenters. The summed E-state index contributed by atoms with van der Waals surface area (Å²) in [5.74, 6) is 0. The van der Waals surface area contributed by atoms with Crippen molar-refractivity contribution in [2.24, 2.45) is 4.99 Å². The molecule has 2 aromatic carbocycles. The van der Waals surface area contributed by atoms with Gasteiger partial charge in [-0.05, 0) is 12.1 Å². The van der Waals surface area contributed by atoms with Crippen molar-refractivity contribution in [2.45, 2.75) is 6.23 Å². The van der Waals surface area contributed by atoms with Crippen LogP contribution in [0.4, 0.5) is 5.69 Å². The monoisotopic (exact) mass is 224 g/mol. The Kier molecular flexibility index (Phi) is 2.60. The van der Waals surface area contributed by atoms with Gasteiger partial charge in [-0.2, -0.15) is 0 Å². The Bertz CT molecular complexity index is 463. The van der Waals surface area contributed by atoms with Crippen LogP contribution in [0.15, 0.2) is 65.7 Å². The van der Waals surface area contributed by atoms with Gasteiger partial charge in [0.25, 0.3) is 0 Å². The van der Waals surface area contributed by atoms with E-state index in [2.05, 4.69) is 4.99 Å². The zero-order valence-electron chi connectivity index (χ0n) is 9.23. The number of hydroxylamine groups is 1. The van der Waals surface area contributed by atoms with Crippen molar-refractivity contribution in [3.05, 3.63) is 66.2 Å². The summed E-state index contributed by atoms with van der Waals surface area (Å²) in [6.07, 6.45) is 1.48. The van der Waals surface area contributed by atoms with Crippen molar-refractivity contribution in [1.82, 2.24) is 0 Å². The van der Waals surface area contributed by atoms with Gasteiger partial charge in [0.05, 0.1) is 5.69 Å². The Labute approximate surface area is 99.9 Å². The van der Waals surface area contributed by atoms with Crippen LogP contribution >= 0.6 is 0 Å². The molecular weight excluding hydrogens is 212 g/mol. The highest BCUT2D eigenvalue weighted by molar-refractivity contribution is 5.77. The summed E-state index contributed by atoms with van der Waals surface area (Å²) in [6.45, 7) is 0. The Morgan fingerprint density at radius 3 is 2.24 bits per heavy atom. The number of nitrogens with zero attached hydrogens (tertiary/aromatic N) is 2. The normalized spacial score (nSPS) is 18.6. The minimum absolute atomic E-state index is 0.239. The second-order valence-corrected chi connectivity index (χ2v) is 3.79. The highest BCUT2D eigenvalue weighted by atomic mass is 16.7. The first-order chi connectivity index (χ1) is 8.43. The molecule has 84 valence electrons. The van der Waals surface area contributed by atoms with Crippen LogP contribution < -0.4 is 5.06 Å². The molecule has 0 saturated carbocycles. The fourth-order valence-corrected chi connectivity index (χ4v) is 1.75. The van der Waals surface area contributed by atoms with Gasteiger partial charge in [0, 0.05) is 5.56 Å². The number of rotatable bonds is 2. The van der Waals surface area contributed by atoms with Crippen LogP contribution in [-0.2, 0) is 4.84 Å². The third kappa shape index (κ3) is 2.05. The Morgan fingerprint density at radius 2 is 1.53 bits per heavy atom. The predicted molar refractivity (Wildman–Crippen MR) is 67.7 cm³/mol. The van der Waals surface area contributed by atoms with Crippen LogP contribution in [0.3, 0.4) is 0 Å². The lowest BCUT2D eigenvalue weighted by molar-refractivity contribution is 0.0876. The van der Waals surface area contributed by atoms with Gasteiger partial charge in [0.15, 0.2) is 0 Å². The van der Waals surface area contributed by atoms with Gasteiger partial charge in [-0.3, -0.25) is 0 Å². The highest BCUT2D eigenvalue weighted by Gasteiger charge is 2.20. The van der Waals surface area contributed by atoms with E-state index in [1.807, 2.05) is 60.7 Å². The van der Waals surface area contributed by atoms with Gasteiger partial charge in [-0.15, -0.1) is 0 Å². The number of anilines is 1. The molecule has 3 nitrogen and oxygen atoms in total. The van der Waals surface area contributed by atoms with Gasteiger partial charge >= 0.3 is 0 Å². The molecule has 0 amide bonds. The predicted octanol–water partition coefficient (Wildman–Crippen LogP) is 3.17. The Morgan fingerprint density at radius 1 is 0.882 bits per heavy atom. The summed E-state index contributed by atoms with van der Waals surface area (Å²) in [5, 5.41) is 1.69. The average molecular weight is 224 g/mol. The number of benzene rings is 2. The van der Waals surface area contributed by atoms with E-state index in [0.29, 0.717) is 0 Å². The lowest BCUT2D eigenvalue weighted by atomic mass is 10.2. The van der Waals surface area contributed by atoms with E-state index >= 15 is 0 Å². The first-order valence-electron chi connectivity index (χ1n) is 5.53. The molecule has 17 heavy (non-hydrogen) atoms. The van der Waals surface area contributed by atoms with Crippen molar-refractivity contribution in [3.63, 3.8) is 0 Å². The van der Waals surface area contributed by atoms with Crippen LogP contribution in [0.5, 0.6) is 0 Å². The molecule has 0 N–H and O–H groups in total. The SMILES string of the molecule is C1=NC(c2ccccc2)ON1c1ccccc1. The average Bonchev–Trinajstić information content (AvgIpc) is 2.90. The summed E-state index contributed by atoms with van der Waals surface area (Å²) in [7, 11) is 0. The van der Waals surface area contributed by atoms with E-state index < -0.39 is 0 Å². The topological polar surface area (TPSA) is 24.8 Å². The molecule has 0 saturated heterocycles. The number of para-hydroxylation sites is 1. The lowest BCUT2D eigenvalue weighted by Crippen LogP contribution is -2.16. The van der Waals surface area contributed by atoms with E-state index in [-0.39, 0.29) is 6.23 Å². The molecule has 0 aromatic heterocycles. The molecule has 1 aliphatic rings. The van der Waals surface area contributed by atoms with Crippen molar-refractivity contribution >= 4 is 12.0 Å². The first-order valence-corrected chi connectivity index (χ1v) is 5.53. The van der Waals surface area contributed by atoms with Crippen LogP contribution in [0.25, 0.3) is 0 Å². The maximum Gasteiger partial charge on any atom is 0.202 e. The lowest BCUT2D eigenvalue weighted by Gasteiger charge is -2.15. The molecule has 1 unspecified atom stereocenters. The van der Waals surface area contributed by atoms with Crippen molar-refractivity contribution in [1.29, 1.82) is 0 Å². The second kappa shape index (κ2) is 4.39. The maximum absolute atomic E-state index is 5.74. The van der Waals surface area contributed by atoms with E-state index in [0.717, 1.165) is 11.3 Å². The highest BCUT2D eigenvalue weighted by Crippen LogP contribution is 2.27. The molecule has 2 aromatic rings. The van der Waals surface area contributed by atoms with E-state index in [1.54, 1.807) is 11.4 Å². The number of hydrogen-bond acceptors (Lipinski definition) is 3. The van der Waals surface area contributed by atoms with E-state index in [1.165, 1.54) is 0 Å². The van der Waals surface area contributed by atoms with Crippen LogP contribution in [-0.4, -0.2) is 6.34 Å². The number of aliphatic imine (C=N–C) groups is 1. The van der Waals surface area contributed by atoms with Gasteiger partial charge in [0.2, 0.25) is 6.23 Å². The number of hydrogen-bond donors (Lipinski definition) is 0. The molecule has 0 aliphatic carbocycles. The molecule has 0 radical (unpaired) electrons. The quantitative estimate of drug-likeness (QED) is 0.782. The Balaban J connectivity index is 1.78. The smallest absolute Gasteiger partial charge is 0.202 e. The van der Waals surface area contributed by atoms with Crippen molar-refractivity contribution < 1.29 is 4.84 Å². The second-order valence-electron chi connectivity index (χ2n) is 3.79. The fraction of sp³-hybridized carbons (Fsp3) is 0.0714.